The lowest BCUT2D eigenvalue weighted by Crippen LogP contribution is -1.78. The monoisotopic (exact) mass is 224 g/mol. The van der Waals surface area contributed by atoms with Gasteiger partial charge in [-0.05, 0) is 53.0 Å². The van der Waals surface area contributed by atoms with E-state index in [4.69, 9.17) is 4.42 Å². The molecule has 2 rings (SSSR count). The molecule has 0 unspecified atom stereocenters. The first-order valence-electron chi connectivity index (χ1n) is 3.82. The molecule has 0 aliphatic rings. The number of aryl methyl sites for hydroxylation is 2. The Labute approximate surface area is 79.5 Å². The molecule has 2 heteroatoms. The van der Waals surface area contributed by atoms with Crippen LogP contribution < -0.4 is 0 Å². The van der Waals surface area contributed by atoms with Gasteiger partial charge in [0.25, 0.3) is 0 Å². The molecule has 1 nitrogen and oxygen atoms in total. The van der Waals surface area contributed by atoms with E-state index in [1.165, 1.54) is 11.1 Å². The minimum absolute atomic E-state index is 0.949. The first kappa shape index (κ1) is 7.87. The third-order valence-electron chi connectivity index (χ3n) is 2.14. The lowest BCUT2D eigenvalue weighted by Gasteiger charge is -1.98. The fourth-order valence-electron chi connectivity index (χ4n) is 1.25. The van der Waals surface area contributed by atoms with Crippen molar-refractivity contribution in [2.75, 3.05) is 0 Å². The molecule has 12 heavy (non-hydrogen) atoms. The molecule has 1 heterocycles. The largest absolute Gasteiger partial charge is 0.463 e. The van der Waals surface area contributed by atoms with E-state index in [9.17, 15) is 0 Å². The van der Waals surface area contributed by atoms with E-state index in [2.05, 4.69) is 41.9 Å². The number of benzene rings is 1. The van der Waals surface area contributed by atoms with Crippen molar-refractivity contribution in [1.29, 1.82) is 0 Å². The molecule has 1 aromatic carbocycles. The van der Waals surface area contributed by atoms with Crippen LogP contribution in [0.5, 0.6) is 0 Å². The highest BCUT2D eigenvalue weighted by atomic mass is 79.9. The predicted molar refractivity (Wildman–Crippen MR) is 53.4 cm³/mol. The van der Waals surface area contributed by atoms with Gasteiger partial charge in [0, 0.05) is 5.39 Å². The number of hydrogen-bond donors (Lipinski definition) is 0. The van der Waals surface area contributed by atoms with Crippen molar-refractivity contribution < 1.29 is 4.42 Å². The first-order valence-corrected chi connectivity index (χ1v) is 4.62. The highest BCUT2D eigenvalue weighted by molar-refractivity contribution is 9.10. The van der Waals surface area contributed by atoms with Crippen molar-refractivity contribution in [2.24, 2.45) is 0 Å². The van der Waals surface area contributed by atoms with Gasteiger partial charge < -0.3 is 4.42 Å². The van der Waals surface area contributed by atoms with Crippen molar-refractivity contribution in [3.8, 4) is 0 Å². The maximum absolute atomic E-state index is 5.34. The maximum Gasteiger partial charge on any atom is 0.135 e. The fourth-order valence-corrected chi connectivity index (χ4v) is 1.66. The van der Waals surface area contributed by atoms with E-state index in [1.54, 1.807) is 6.26 Å². The molecule has 0 aliphatic carbocycles. The van der Waals surface area contributed by atoms with Gasteiger partial charge in [0.2, 0.25) is 0 Å². The molecule has 0 bridgehead atoms. The molecule has 62 valence electrons. The normalized spacial score (nSPS) is 10.9. The van der Waals surface area contributed by atoms with Crippen LogP contribution in [0.15, 0.2) is 27.3 Å². The van der Waals surface area contributed by atoms with Crippen molar-refractivity contribution in [3.63, 3.8) is 0 Å². The minimum atomic E-state index is 0.949. The molecule has 0 saturated carbocycles. The number of halogens is 1. The maximum atomic E-state index is 5.34. The highest BCUT2D eigenvalue weighted by Gasteiger charge is 2.04. The summed E-state index contributed by atoms with van der Waals surface area (Å²) in [7, 11) is 0. The Morgan fingerprint density at radius 2 is 1.83 bits per heavy atom. The van der Waals surface area contributed by atoms with Gasteiger partial charge >= 0.3 is 0 Å². The van der Waals surface area contributed by atoms with Gasteiger partial charge in [-0.25, -0.2) is 0 Å². The zero-order valence-corrected chi connectivity index (χ0v) is 8.60. The lowest BCUT2D eigenvalue weighted by atomic mass is 10.1. The Hall–Kier alpha value is -0.760. The highest BCUT2D eigenvalue weighted by Crippen LogP contribution is 2.28. The molecule has 0 spiro atoms. The minimum Gasteiger partial charge on any atom is -0.463 e. The lowest BCUT2D eigenvalue weighted by molar-refractivity contribution is 0.613. The van der Waals surface area contributed by atoms with Crippen LogP contribution >= 0.6 is 15.9 Å². The van der Waals surface area contributed by atoms with Crippen molar-refractivity contribution in [3.05, 3.63) is 34.0 Å². The van der Waals surface area contributed by atoms with Crippen LogP contribution in [-0.4, -0.2) is 0 Å². The van der Waals surface area contributed by atoms with E-state index < -0.39 is 0 Å². The summed E-state index contributed by atoms with van der Waals surface area (Å²) in [5.41, 5.74) is 3.51. The second kappa shape index (κ2) is 2.63. The van der Waals surface area contributed by atoms with Crippen molar-refractivity contribution >= 4 is 26.9 Å². The van der Waals surface area contributed by atoms with Gasteiger partial charge in [0.05, 0.1) is 4.47 Å². The average molecular weight is 225 g/mol. The summed E-state index contributed by atoms with van der Waals surface area (Å²) in [5.74, 6) is 0. The summed E-state index contributed by atoms with van der Waals surface area (Å²) in [6, 6.07) is 4.20. The van der Waals surface area contributed by atoms with Crippen molar-refractivity contribution in [2.45, 2.75) is 13.8 Å². The Bertz CT molecular complexity index is 429. The smallest absolute Gasteiger partial charge is 0.135 e. The quantitative estimate of drug-likeness (QED) is 0.664. The van der Waals surface area contributed by atoms with Gasteiger partial charge in [-0.1, -0.05) is 0 Å². The van der Waals surface area contributed by atoms with Crippen LogP contribution in [0.2, 0.25) is 0 Å². The molecule has 0 N–H and O–H groups in total. The number of furan rings is 1. The van der Waals surface area contributed by atoms with Crippen LogP contribution in [0.25, 0.3) is 11.0 Å². The van der Waals surface area contributed by atoms with Gasteiger partial charge in [0.1, 0.15) is 11.8 Å². The molecular weight excluding hydrogens is 216 g/mol. The first-order chi connectivity index (χ1) is 5.68. The standard InChI is InChI=1S/C10H9BrO/c1-6-3-8-9(11)5-12-10(8)4-7(6)2/h3-5H,1-2H3. The molecule has 0 fully saturated rings. The van der Waals surface area contributed by atoms with E-state index in [-0.39, 0.29) is 0 Å². The van der Waals surface area contributed by atoms with E-state index in [0.29, 0.717) is 0 Å². The second-order valence-corrected chi connectivity index (χ2v) is 3.87. The Morgan fingerprint density at radius 1 is 1.17 bits per heavy atom. The Balaban J connectivity index is 2.87. The Kier molecular flexibility index (Phi) is 1.72. The van der Waals surface area contributed by atoms with Gasteiger partial charge in [-0.15, -0.1) is 0 Å². The Morgan fingerprint density at radius 3 is 2.58 bits per heavy atom. The summed E-state index contributed by atoms with van der Waals surface area (Å²) in [5, 5.41) is 1.15. The molecule has 2 aromatic rings. The zero-order valence-electron chi connectivity index (χ0n) is 7.02. The van der Waals surface area contributed by atoms with Crippen LogP contribution in [0.3, 0.4) is 0 Å². The number of rotatable bonds is 0. The molecule has 0 saturated heterocycles. The van der Waals surface area contributed by atoms with Crippen molar-refractivity contribution in [1.82, 2.24) is 0 Å². The summed E-state index contributed by atoms with van der Waals surface area (Å²) in [6.07, 6.45) is 1.73. The fraction of sp³-hybridized carbons (Fsp3) is 0.200. The summed E-state index contributed by atoms with van der Waals surface area (Å²) < 4.78 is 6.37. The molecule has 0 radical (unpaired) electrons. The number of hydrogen-bond acceptors (Lipinski definition) is 1. The zero-order chi connectivity index (χ0) is 8.72. The van der Waals surface area contributed by atoms with Crippen LogP contribution in [-0.2, 0) is 0 Å². The molecule has 1 aromatic heterocycles. The molecule has 0 aliphatic heterocycles. The third-order valence-corrected chi connectivity index (χ3v) is 2.76. The molecule has 0 atom stereocenters. The van der Waals surface area contributed by atoms with Gasteiger partial charge in [-0.3, -0.25) is 0 Å². The molecule has 0 amide bonds. The van der Waals surface area contributed by atoms with Gasteiger partial charge in [0.15, 0.2) is 0 Å². The van der Waals surface area contributed by atoms with Crippen LogP contribution in [0.1, 0.15) is 11.1 Å². The van der Waals surface area contributed by atoms with E-state index in [1.807, 2.05) is 0 Å². The third kappa shape index (κ3) is 1.07. The van der Waals surface area contributed by atoms with Gasteiger partial charge in [-0.2, -0.15) is 0 Å². The topological polar surface area (TPSA) is 13.1 Å². The summed E-state index contributed by atoms with van der Waals surface area (Å²) in [4.78, 5) is 0. The van der Waals surface area contributed by atoms with E-state index >= 15 is 0 Å². The van der Waals surface area contributed by atoms with E-state index in [0.717, 1.165) is 15.4 Å². The second-order valence-electron chi connectivity index (χ2n) is 3.02. The van der Waals surface area contributed by atoms with Crippen LogP contribution in [0.4, 0.5) is 0 Å². The average Bonchev–Trinajstić information content (AvgIpc) is 2.35. The summed E-state index contributed by atoms with van der Waals surface area (Å²) in [6.45, 7) is 4.19. The number of fused-ring (bicyclic) bond motifs is 1. The summed E-state index contributed by atoms with van der Waals surface area (Å²) >= 11 is 3.43. The van der Waals surface area contributed by atoms with Crippen LogP contribution in [0, 0.1) is 13.8 Å². The SMILES string of the molecule is Cc1cc2occ(Br)c2cc1C. The molecular formula is C10H9BrO. The predicted octanol–water partition coefficient (Wildman–Crippen LogP) is 3.81.